The Bertz CT molecular complexity index is 619. The fourth-order valence-electron chi connectivity index (χ4n) is 1.47. The lowest BCUT2D eigenvalue weighted by molar-refractivity contribution is -0.402. The Hall–Kier alpha value is -2.75. The van der Waals surface area contributed by atoms with E-state index in [4.69, 9.17) is 10.2 Å². The zero-order chi connectivity index (χ0) is 14.5. The lowest BCUT2D eigenvalue weighted by Gasteiger charge is -1.98. The van der Waals surface area contributed by atoms with Crippen LogP contribution in [-0.2, 0) is 17.9 Å². The van der Waals surface area contributed by atoms with Gasteiger partial charge in [0.2, 0.25) is 5.91 Å². The van der Waals surface area contributed by atoms with Gasteiger partial charge in [-0.15, -0.1) is 5.10 Å². The van der Waals surface area contributed by atoms with Gasteiger partial charge < -0.3 is 15.5 Å². The summed E-state index contributed by atoms with van der Waals surface area (Å²) in [5.74, 6) is -0.226. The standard InChI is InChI=1S/C10H12N6O4/c11-3-9(17)12-4-7-5-15(14-13-7)6-8-1-2-10(20-8)16(18)19/h1-2,5H,3-4,6,11H2,(H,12,17). The zero-order valence-electron chi connectivity index (χ0n) is 10.4. The molecule has 0 saturated carbocycles. The average Bonchev–Trinajstić information content (AvgIpc) is 3.06. The number of rotatable bonds is 6. The van der Waals surface area contributed by atoms with Crippen molar-refractivity contribution in [2.75, 3.05) is 6.54 Å². The zero-order valence-corrected chi connectivity index (χ0v) is 10.4. The molecule has 0 aromatic carbocycles. The Morgan fingerprint density at radius 2 is 2.35 bits per heavy atom. The van der Waals surface area contributed by atoms with Gasteiger partial charge in [0.05, 0.1) is 25.4 Å². The van der Waals surface area contributed by atoms with Gasteiger partial charge in [-0.3, -0.25) is 14.9 Å². The van der Waals surface area contributed by atoms with E-state index < -0.39 is 4.92 Å². The number of carbonyl (C=O) groups is 1. The number of nitro groups is 1. The number of amides is 1. The minimum absolute atomic E-state index is 0.0931. The molecule has 0 fully saturated rings. The van der Waals surface area contributed by atoms with E-state index >= 15 is 0 Å². The third kappa shape index (κ3) is 3.38. The maximum Gasteiger partial charge on any atom is 0.433 e. The molecule has 0 saturated heterocycles. The fraction of sp³-hybridized carbons (Fsp3) is 0.300. The van der Waals surface area contributed by atoms with Crippen molar-refractivity contribution in [1.29, 1.82) is 0 Å². The summed E-state index contributed by atoms with van der Waals surface area (Å²) in [7, 11) is 0. The van der Waals surface area contributed by atoms with Crippen LogP contribution in [0, 0.1) is 10.1 Å². The number of nitrogens with zero attached hydrogens (tertiary/aromatic N) is 4. The summed E-state index contributed by atoms with van der Waals surface area (Å²) in [5.41, 5.74) is 5.70. The van der Waals surface area contributed by atoms with Crippen molar-refractivity contribution < 1.29 is 14.1 Å². The normalized spacial score (nSPS) is 10.4. The summed E-state index contributed by atoms with van der Waals surface area (Å²) in [6.45, 7) is 0.338. The summed E-state index contributed by atoms with van der Waals surface area (Å²) in [6, 6.07) is 2.77. The van der Waals surface area contributed by atoms with Crippen LogP contribution in [0.25, 0.3) is 0 Å². The highest BCUT2D eigenvalue weighted by Gasteiger charge is 2.12. The molecule has 0 atom stereocenters. The third-order valence-electron chi connectivity index (χ3n) is 2.38. The largest absolute Gasteiger partial charge is 0.433 e. The molecule has 3 N–H and O–H groups in total. The smallest absolute Gasteiger partial charge is 0.404 e. The number of hydrogen-bond donors (Lipinski definition) is 2. The molecule has 0 aliphatic carbocycles. The highest BCUT2D eigenvalue weighted by atomic mass is 16.6. The van der Waals surface area contributed by atoms with Crippen LogP contribution in [-0.4, -0.2) is 32.4 Å². The Morgan fingerprint density at radius 3 is 3.00 bits per heavy atom. The van der Waals surface area contributed by atoms with Crippen LogP contribution in [0.15, 0.2) is 22.7 Å². The maximum absolute atomic E-state index is 11.0. The van der Waals surface area contributed by atoms with Gasteiger partial charge in [0, 0.05) is 0 Å². The summed E-state index contributed by atoms with van der Waals surface area (Å²) in [5, 5.41) is 20.7. The average molecular weight is 280 g/mol. The van der Waals surface area contributed by atoms with E-state index in [9.17, 15) is 14.9 Å². The van der Waals surface area contributed by atoms with Crippen LogP contribution in [0.2, 0.25) is 0 Å². The van der Waals surface area contributed by atoms with Crippen molar-refractivity contribution in [3.63, 3.8) is 0 Å². The molecule has 0 aliphatic rings. The van der Waals surface area contributed by atoms with E-state index in [0.29, 0.717) is 11.5 Å². The summed E-state index contributed by atoms with van der Waals surface area (Å²) in [4.78, 5) is 20.8. The lowest BCUT2D eigenvalue weighted by Crippen LogP contribution is -2.29. The first-order valence-electron chi connectivity index (χ1n) is 5.67. The van der Waals surface area contributed by atoms with Crippen molar-refractivity contribution >= 4 is 11.8 Å². The van der Waals surface area contributed by atoms with Crippen LogP contribution < -0.4 is 11.1 Å². The number of aromatic nitrogens is 3. The first kappa shape index (κ1) is 13.7. The predicted octanol–water partition coefficient (Wildman–Crippen LogP) is -0.597. The first-order valence-corrected chi connectivity index (χ1v) is 5.67. The molecule has 0 radical (unpaired) electrons. The maximum atomic E-state index is 11.0. The minimum atomic E-state index is -0.612. The Kier molecular flexibility index (Phi) is 4.05. The highest BCUT2D eigenvalue weighted by Crippen LogP contribution is 2.16. The monoisotopic (exact) mass is 280 g/mol. The van der Waals surface area contributed by atoms with Gasteiger partial charge in [-0.05, 0) is 6.07 Å². The molecule has 20 heavy (non-hydrogen) atoms. The topological polar surface area (TPSA) is 142 Å². The Labute approximate surface area is 112 Å². The molecule has 0 aliphatic heterocycles. The van der Waals surface area contributed by atoms with Gasteiger partial charge in [-0.2, -0.15) is 0 Å². The van der Waals surface area contributed by atoms with E-state index in [1.807, 2.05) is 0 Å². The van der Waals surface area contributed by atoms with E-state index in [0.717, 1.165) is 0 Å². The minimum Gasteiger partial charge on any atom is -0.404 e. The van der Waals surface area contributed by atoms with Gasteiger partial charge in [0.1, 0.15) is 22.9 Å². The molecule has 1 amide bonds. The second-order valence-electron chi connectivity index (χ2n) is 3.89. The Balaban J connectivity index is 1.94. The quantitative estimate of drug-likeness (QED) is 0.531. The second kappa shape index (κ2) is 5.93. The molecule has 0 bridgehead atoms. The van der Waals surface area contributed by atoms with Crippen molar-refractivity contribution in [3.05, 3.63) is 39.9 Å². The number of nitrogens with one attached hydrogen (secondary N) is 1. The SMILES string of the molecule is NCC(=O)NCc1cn(Cc2ccc([N+](=O)[O-])o2)nn1. The van der Waals surface area contributed by atoms with Crippen molar-refractivity contribution in [2.45, 2.75) is 13.1 Å². The van der Waals surface area contributed by atoms with Gasteiger partial charge in [0.25, 0.3) is 0 Å². The fourth-order valence-corrected chi connectivity index (χ4v) is 1.47. The molecule has 106 valence electrons. The summed E-state index contributed by atoms with van der Waals surface area (Å²) in [6.07, 6.45) is 1.60. The van der Waals surface area contributed by atoms with Gasteiger partial charge >= 0.3 is 5.88 Å². The molecule has 0 unspecified atom stereocenters. The van der Waals surface area contributed by atoms with E-state index in [2.05, 4.69) is 15.6 Å². The van der Waals surface area contributed by atoms with Gasteiger partial charge in [-0.1, -0.05) is 5.21 Å². The molecular weight excluding hydrogens is 268 g/mol. The van der Waals surface area contributed by atoms with Crippen molar-refractivity contribution in [2.24, 2.45) is 5.73 Å². The van der Waals surface area contributed by atoms with Gasteiger partial charge in [-0.25, -0.2) is 4.68 Å². The third-order valence-corrected chi connectivity index (χ3v) is 2.38. The van der Waals surface area contributed by atoms with Crippen LogP contribution in [0.1, 0.15) is 11.5 Å². The molecule has 2 heterocycles. The Morgan fingerprint density at radius 1 is 1.55 bits per heavy atom. The van der Waals surface area contributed by atoms with Crippen LogP contribution >= 0.6 is 0 Å². The predicted molar refractivity (Wildman–Crippen MR) is 65.4 cm³/mol. The summed E-state index contributed by atoms with van der Waals surface area (Å²) >= 11 is 0. The second-order valence-corrected chi connectivity index (χ2v) is 3.89. The van der Waals surface area contributed by atoms with Crippen molar-refractivity contribution in [3.8, 4) is 0 Å². The van der Waals surface area contributed by atoms with Gasteiger partial charge in [0.15, 0.2) is 0 Å². The van der Waals surface area contributed by atoms with Crippen molar-refractivity contribution in [1.82, 2.24) is 20.3 Å². The van der Waals surface area contributed by atoms with Crippen LogP contribution in [0.5, 0.6) is 0 Å². The number of nitrogens with two attached hydrogens (primary N) is 1. The molecule has 2 aromatic heterocycles. The summed E-state index contributed by atoms with van der Waals surface area (Å²) < 4.78 is 6.45. The first-order chi connectivity index (χ1) is 9.58. The number of carbonyl (C=O) groups excluding carboxylic acids is 1. The number of furan rings is 1. The molecule has 2 aromatic rings. The number of hydrogen-bond acceptors (Lipinski definition) is 7. The van der Waals surface area contributed by atoms with E-state index in [1.54, 1.807) is 6.20 Å². The molecule has 10 nitrogen and oxygen atoms in total. The highest BCUT2D eigenvalue weighted by molar-refractivity contribution is 5.77. The molecule has 2 rings (SSSR count). The van der Waals surface area contributed by atoms with Crippen LogP contribution in [0.4, 0.5) is 5.88 Å². The van der Waals surface area contributed by atoms with Crippen LogP contribution in [0.3, 0.4) is 0 Å². The lowest BCUT2D eigenvalue weighted by atomic mass is 10.4. The molecule has 10 heteroatoms. The van der Waals surface area contributed by atoms with E-state index in [-0.39, 0.29) is 31.4 Å². The molecule has 0 spiro atoms. The van der Waals surface area contributed by atoms with E-state index in [1.165, 1.54) is 16.8 Å². The molecular formula is C10H12N6O4.